The molecule has 6 heteroatoms. The molecule has 0 bridgehead atoms. The summed E-state index contributed by atoms with van der Waals surface area (Å²) in [6.45, 7) is 4.03. The number of hydrogen-bond donors (Lipinski definition) is 2. The van der Waals surface area contributed by atoms with E-state index in [0.717, 1.165) is 11.4 Å². The number of benzene rings is 1. The maximum absolute atomic E-state index is 6.04. The molecular formula is C14H20N4O2. The average molecular weight is 276 g/mol. The summed E-state index contributed by atoms with van der Waals surface area (Å²) in [5, 5.41) is 0. The summed E-state index contributed by atoms with van der Waals surface area (Å²) < 4.78 is 11.9. The Bertz CT molecular complexity index is 620. The fourth-order valence-electron chi connectivity index (χ4n) is 2.07. The highest BCUT2D eigenvalue weighted by Crippen LogP contribution is 2.34. The Kier molecular flexibility index (Phi) is 3.74. The van der Waals surface area contributed by atoms with Crippen molar-refractivity contribution >= 4 is 5.82 Å². The first-order valence-electron chi connectivity index (χ1n) is 6.35. The van der Waals surface area contributed by atoms with Gasteiger partial charge in [0.15, 0.2) is 17.3 Å². The Morgan fingerprint density at radius 3 is 2.30 bits per heavy atom. The molecule has 6 nitrogen and oxygen atoms in total. The average Bonchev–Trinajstić information content (AvgIpc) is 2.74. The molecule has 0 unspecified atom stereocenters. The normalized spacial score (nSPS) is 10.8. The zero-order chi connectivity index (χ0) is 14.9. The molecule has 0 saturated heterocycles. The summed E-state index contributed by atoms with van der Waals surface area (Å²) in [6, 6.07) is 5.53. The van der Waals surface area contributed by atoms with Crippen molar-refractivity contribution in [3.63, 3.8) is 0 Å². The molecule has 2 aromatic rings. The molecule has 0 radical (unpaired) electrons. The SMILES string of the molecule is COc1ccc(-c2nc(C(C)C)n(N)c2N)cc1OC. The van der Waals surface area contributed by atoms with Crippen LogP contribution in [0.15, 0.2) is 18.2 Å². The largest absolute Gasteiger partial charge is 0.493 e. The summed E-state index contributed by atoms with van der Waals surface area (Å²) in [5.41, 5.74) is 7.53. The lowest BCUT2D eigenvalue weighted by atomic mass is 10.1. The van der Waals surface area contributed by atoms with Crippen LogP contribution in [-0.4, -0.2) is 23.9 Å². The minimum Gasteiger partial charge on any atom is -0.493 e. The minimum absolute atomic E-state index is 0.191. The quantitative estimate of drug-likeness (QED) is 0.834. The van der Waals surface area contributed by atoms with Gasteiger partial charge >= 0.3 is 0 Å². The van der Waals surface area contributed by atoms with Crippen LogP contribution in [0.2, 0.25) is 0 Å². The Morgan fingerprint density at radius 2 is 1.80 bits per heavy atom. The molecule has 1 heterocycles. The van der Waals surface area contributed by atoms with E-state index in [4.69, 9.17) is 21.1 Å². The number of nitrogens with two attached hydrogens (primary N) is 2. The van der Waals surface area contributed by atoms with Crippen LogP contribution in [-0.2, 0) is 0 Å². The van der Waals surface area contributed by atoms with Crippen molar-refractivity contribution in [1.29, 1.82) is 0 Å². The molecule has 2 rings (SSSR count). The number of nitrogen functional groups attached to an aromatic ring is 2. The van der Waals surface area contributed by atoms with Gasteiger partial charge in [0.05, 0.1) is 14.2 Å². The van der Waals surface area contributed by atoms with Gasteiger partial charge in [-0.1, -0.05) is 13.8 Å². The van der Waals surface area contributed by atoms with E-state index in [1.54, 1.807) is 14.2 Å². The molecule has 0 aliphatic rings. The van der Waals surface area contributed by atoms with Gasteiger partial charge in [0.25, 0.3) is 0 Å². The van der Waals surface area contributed by atoms with Crippen LogP contribution in [0.25, 0.3) is 11.3 Å². The van der Waals surface area contributed by atoms with Crippen LogP contribution in [0.5, 0.6) is 11.5 Å². The lowest BCUT2D eigenvalue weighted by Gasteiger charge is -2.08. The van der Waals surface area contributed by atoms with Crippen LogP contribution < -0.4 is 21.1 Å². The van der Waals surface area contributed by atoms with Crippen molar-refractivity contribution in [3.8, 4) is 22.8 Å². The highest BCUT2D eigenvalue weighted by molar-refractivity contribution is 5.73. The molecular weight excluding hydrogens is 256 g/mol. The number of rotatable bonds is 4. The maximum Gasteiger partial charge on any atom is 0.161 e. The first kappa shape index (κ1) is 14.0. The second kappa shape index (κ2) is 5.32. The maximum atomic E-state index is 6.04. The number of imidazole rings is 1. The lowest BCUT2D eigenvalue weighted by molar-refractivity contribution is 0.355. The fourth-order valence-corrected chi connectivity index (χ4v) is 2.07. The number of anilines is 1. The van der Waals surface area contributed by atoms with E-state index >= 15 is 0 Å². The minimum atomic E-state index is 0.191. The Hall–Kier alpha value is -2.37. The van der Waals surface area contributed by atoms with E-state index < -0.39 is 0 Å². The fraction of sp³-hybridized carbons (Fsp3) is 0.357. The zero-order valence-corrected chi connectivity index (χ0v) is 12.2. The number of nitrogens with zero attached hydrogens (tertiary/aromatic N) is 2. The third kappa shape index (κ3) is 2.24. The third-order valence-corrected chi connectivity index (χ3v) is 3.15. The zero-order valence-electron chi connectivity index (χ0n) is 12.2. The van der Waals surface area contributed by atoms with E-state index in [0.29, 0.717) is 23.0 Å². The highest BCUT2D eigenvalue weighted by atomic mass is 16.5. The topological polar surface area (TPSA) is 88.3 Å². The van der Waals surface area contributed by atoms with Crippen LogP contribution in [0, 0.1) is 0 Å². The van der Waals surface area contributed by atoms with Gasteiger partial charge in [-0.05, 0) is 18.2 Å². The van der Waals surface area contributed by atoms with E-state index in [-0.39, 0.29) is 5.92 Å². The van der Waals surface area contributed by atoms with Gasteiger partial charge < -0.3 is 21.1 Å². The Morgan fingerprint density at radius 1 is 1.15 bits per heavy atom. The van der Waals surface area contributed by atoms with Crippen molar-refractivity contribution < 1.29 is 9.47 Å². The van der Waals surface area contributed by atoms with Gasteiger partial charge in [-0.3, -0.25) is 0 Å². The predicted octanol–water partition coefficient (Wildman–Crippen LogP) is 1.99. The number of ether oxygens (including phenoxy) is 2. The van der Waals surface area contributed by atoms with Crippen molar-refractivity contribution in [2.24, 2.45) is 0 Å². The van der Waals surface area contributed by atoms with E-state index in [1.807, 2.05) is 32.0 Å². The summed E-state index contributed by atoms with van der Waals surface area (Å²) in [5.74, 6) is 8.59. The molecule has 0 spiro atoms. The Balaban J connectivity index is 2.54. The standard InChI is InChI=1S/C14H20N4O2/c1-8(2)14-17-12(13(15)18(14)16)9-5-6-10(19-3)11(7-9)20-4/h5-8H,15-16H2,1-4H3. The predicted molar refractivity (Wildman–Crippen MR) is 79.4 cm³/mol. The van der Waals surface area contributed by atoms with Gasteiger partial charge in [-0.2, -0.15) is 0 Å². The van der Waals surface area contributed by atoms with Crippen molar-refractivity contribution in [2.45, 2.75) is 19.8 Å². The second-order valence-corrected chi connectivity index (χ2v) is 4.80. The molecule has 0 saturated carbocycles. The van der Waals surface area contributed by atoms with Crippen LogP contribution in [0.1, 0.15) is 25.6 Å². The van der Waals surface area contributed by atoms with Gasteiger partial charge in [0.2, 0.25) is 0 Å². The van der Waals surface area contributed by atoms with Crippen molar-refractivity contribution in [3.05, 3.63) is 24.0 Å². The van der Waals surface area contributed by atoms with Crippen molar-refractivity contribution in [1.82, 2.24) is 9.66 Å². The first-order chi connectivity index (χ1) is 9.49. The molecule has 0 amide bonds. The molecule has 0 aliphatic heterocycles. The number of aromatic nitrogens is 2. The molecule has 20 heavy (non-hydrogen) atoms. The molecule has 0 aliphatic carbocycles. The first-order valence-corrected chi connectivity index (χ1v) is 6.35. The highest BCUT2D eigenvalue weighted by Gasteiger charge is 2.18. The van der Waals surface area contributed by atoms with E-state index in [9.17, 15) is 0 Å². The van der Waals surface area contributed by atoms with E-state index in [2.05, 4.69) is 4.98 Å². The lowest BCUT2D eigenvalue weighted by Crippen LogP contribution is -2.16. The molecule has 108 valence electrons. The summed E-state index contributed by atoms with van der Waals surface area (Å²) in [6.07, 6.45) is 0. The van der Waals surface area contributed by atoms with Crippen LogP contribution in [0.4, 0.5) is 5.82 Å². The van der Waals surface area contributed by atoms with Crippen LogP contribution in [0.3, 0.4) is 0 Å². The van der Waals surface area contributed by atoms with Gasteiger partial charge in [-0.15, -0.1) is 0 Å². The van der Waals surface area contributed by atoms with Gasteiger partial charge in [0, 0.05) is 11.5 Å². The van der Waals surface area contributed by atoms with Gasteiger partial charge in [-0.25, -0.2) is 9.66 Å². The number of hydrogen-bond acceptors (Lipinski definition) is 5. The Labute approximate surface area is 118 Å². The second-order valence-electron chi connectivity index (χ2n) is 4.80. The summed E-state index contributed by atoms with van der Waals surface area (Å²) in [7, 11) is 3.18. The molecule has 4 N–H and O–H groups in total. The smallest absolute Gasteiger partial charge is 0.161 e. The number of methoxy groups -OCH3 is 2. The van der Waals surface area contributed by atoms with Crippen molar-refractivity contribution in [2.75, 3.05) is 25.8 Å². The van der Waals surface area contributed by atoms with Gasteiger partial charge in [0.1, 0.15) is 11.5 Å². The van der Waals surface area contributed by atoms with E-state index in [1.165, 1.54) is 4.68 Å². The monoisotopic (exact) mass is 276 g/mol. The molecule has 0 fully saturated rings. The summed E-state index contributed by atoms with van der Waals surface area (Å²) >= 11 is 0. The van der Waals surface area contributed by atoms with Crippen LogP contribution >= 0.6 is 0 Å². The molecule has 1 aromatic carbocycles. The summed E-state index contributed by atoms with van der Waals surface area (Å²) in [4.78, 5) is 4.53. The molecule has 1 aromatic heterocycles. The molecule has 0 atom stereocenters. The third-order valence-electron chi connectivity index (χ3n) is 3.15.